The van der Waals surface area contributed by atoms with E-state index in [2.05, 4.69) is 5.32 Å². The fourth-order valence-electron chi connectivity index (χ4n) is 1.12. The van der Waals surface area contributed by atoms with Crippen LogP contribution in [-0.2, 0) is 14.6 Å². The predicted molar refractivity (Wildman–Crippen MR) is 57.1 cm³/mol. The van der Waals surface area contributed by atoms with E-state index < -0.39 is 9.84 Å². The zero-order chi connectivity index (χ0) is 11.0. The Hall–Kier alpha value is -0.420. The lowest BCUT2D eigenvalue weighted by Crippen LogP contribution is -2.11. The number of hydrogen-bond donors (Lipinski definition) is 1. The normalized spacial score (nSPS) is 11.6. The van der Waals surface area contributed by atoms with Gasteiger partial charge in [0, 0.05) is 19.1 Å². The molecule has 0 aromatic rings. The number of sulfone groups is 1. The number of carbonyl (C=O) groups is 1. The average molecular weight is 221 g/mol. The molecule has 0 bridgehead atoms. The van der Waals surface area contributed by atoms with Crippen LogP contribution in [0.5, 0.6) is 0 Å². The Morgan fingerprint density at radius 3 is 2.29 bits per heavy atom. The van der Waals surface area contributed by atoms with E-state index in [1.165, 1.54) is 6.26 Å². The molecule has 0 aliphatic heterocycles. The Bertz CT molecular complexity index is 259. The molecule has 0 radical (unpaired) electrons. The van der Waals surface area contributed by atoms with Crippen LogP contribution in [0.4, 0.5) is 0 Å². The van der Waals surface area contributed by atoms with Gasteiger partial charge in [0.2, 0.25) is 0 Å². The van der Waals surface area contributed by atoms with Gasteiger partial charge >= 0.3 is 0 Å². The summed E-state index contributed by atoms with van der Waals surface area (Å²) in [6, 6.07) is 0. The molecule has 0 heterocycles. The molecular formula is C9H19NO3S. The predicted octanol–water partition coefficient (Wildman–Crippen LogP) is 0.380. The van der Waals surface area contributed by atoms with Crippen molar-refractivity contribution in [2.75, 3.05) is 25.6 Å². The van der Waals surface area contributed by atoms with Crippen molar-refractivity contribution in [2.24, 2.45) is 0 Å². The number of rotatable bonds is 8. The molecule has 0 aliphatic rings. The largest absolute Gasteiger partial charge is 0.320 e. The van der Waals surface area contributed by atoms with Gasteiger partial charge in [-0.15, -0.1) is 0 Å². The van der Waals surface area contributed by atoms with Gasteiger partial charge < -0.3 is 5.32 Å². The molecule has 0 fully saturated rings. The molecule has 0 spiro atoms. The molecular weight excluding hydrogens is 202 g/mol. The smallest absolute Gasteiger partial charge is 0.147 e. The third-order valence-electron chi connectivity index (χ3n) is 1.85. The van der Waals surface area contributed by atoms with Gasteiger partial charge in [0.25, 0.3) is 0 Å². The third-order valence-corrected chi connectivity index (χ3v) is 2.88. The maximum Gasteiger partial charge on any atom is 0.147 e. The summed E-state index contributed by atoms with van der Waals surface area (Å²) < 4.78 is 21.5. The summed E-state index contributed by atoms with van der Waals surface area (Å²) in [4.78, 5) is 11.2. The monoisotopic (exact) mass is 221 g/mol. The molecule has 4 nitrogen and oxygen atoms in total. The standard InChI is InChI=1S/C9H19NO3S/c1-10-7-3-5-9(11)6-4-8-14(2,12)13/h10H,3-8H2,1-2H3. The lowest BCUT2D eigenvalue weighted by molar-refractivity contribution is -0.119. The minimum atomic E-state index is -2.91. The lowest BCUT2D eigenvalue weighted by Gasteiger charge is -2.00. The van der Waals surface area contributed by atoms with Crippen LogP contribution in [0.25, 0.3) is 0 Å². The van der Waals surface area contributed by atoms with Crippen LogP contribution in [0.1, 0.15) is 25.7 Å². The first kappa shape index (κ1) is 13.6. The minimum absolute atomic E-state index is 0.116. The van der Waals surface area contributed by atoms with E-state index in [9.17, 15) is 13.2 Å². The molecule has 0 atom stereocenters. The topological polar surface area (TPSA) is 63.2 Å². The maximum absolute atomic E-state index is 11.2. The van der Waals surface area contributed by atoms with E-state index in [4.69, 9.17) is 0 Å². The highest BCUT2D eigenvalue weighted by Crippen LogP contribution is 2.00. The van der Waals surface area contributed by atoms with Crippen molar-refractivity contribution in [1.82, 2.24) is 5.32 Å². The van der Waals surface area contributed by atoms with Crippen LogP contribution in [0, 0.1) is 0 Å². The van der Waals surface area contributed by atoms with E-state index in [1.54, 1.807) is 0 Å². The molecule has 14 heavy (non-hydrogen) atoms. The van der Waals surface area contributed by atoms with E-state index in [0.717, 1.165) is 13.0 Å². The fourth-order valence-corrected chi connectivity index (χ4v) is 1.79. The van der Waals surface area contributed by atoms with Crippen molar-refractivity contribution in [1.29, 1.82) is 0 Å². The van der Waals surface area contributed by atoms with Crippen molar-refractivity contribution in [2.45, 2.75) is 25.7 Å². The molecule has 0 aromatic carbocycles. The van der Waals surface area contributed by atoms with Crippen LogP contribution in [0.2, 0.25) is 0 Å². The van der Waals surface area contributed by atoms with Crippen molar-refractivity contribution in [3.63, 3.8) is 0 Å². The Labute approximate surface area is 86.0 Å². The quantitative estimate of drug-likeness (QED) is 0.602. The van der Waals surface area contributed by atoms with Crippen LogP contribution in [0.15, 0.2) is 0 Å². The molecule has 84 valence electrons. The second kappa shape index (κ2) is 6.95. The number of nitrogens with one attached hydrogen (secondary N) is 1. The minimum Gasteiger partial charge on any atom is -0.320 e. The molecule has 0 saturated carbocycles. The summed E-state index contributed by atoms with van der Waals surface area (Å²) in [6.45, 7) is 0.831. The Kier molecular flexibility index (Phi) is 6.74. The zero-order valence-electron chi connectivity index (χ0n) is 8.88. The van der Waals surface area contributed by atoms with E-state index in [1.807, 2.05) is 7.05 Å². The van der Waals surface area contributed by atoms with Gasteiger partial charge in [-0.2, -0.15) is 0 Å². The van der Waals surface area contributed by atoms with Crippen LogP contribution >= 0.6 is 0 Å². The van der Waals surface area contributed by atoms with Gasteiger partial charge in [0.05, 0.1) is 5.75 Å². The SMILES string of the molecule is CNCCCC(=O)CCCS(C)(=O)=O. The van der Waals surface area contributed by atoms with Crippen LogP contribution < -0.4 is 5.32 Å². The molecule has 0 amide bonds. The highest BCUT2D eigenvalue weighted by molar-refractivity contribution is 7.90. The highest BCUT2D eigenvalue weighted by Gasteiger charge is 2.05. The summed E-state index contributed by atoms with van der Waals surface area (Å²) in [5, 5.41) is 2.96. The first-order valence-corrected chi connectivity index (χ1v) is 6.86. The van der Waals surface area contributed by atoms with Crippen molar-refractivity contribution >= 4 is 15.6 Å². The van der Waals surface area contributed by atoms with Crippen molar-refractivity contribution in [3.8, 4) is 0 Å². The van der Waals surface area contributed by atoms with Gasteiger partial charge in [-0.25, -0.2) is 8.42 Å². The van der Waals surface area contributed by atoms with E-state index >= 15 is 0 Å². The maximum atomic E-state index is 11.2. The van der Waals surface area contributed by atoms with Crippen LogP contribution in [-0.4, -0.2) is 39.8 Å². The fraction of sp³-hybridized carbons (Fsp3) is 0.889. The number of hydrogen-bond acceptors (Lipinski definition) is 4. The molecule has 0 rings (SSSR count). The lowest BCUT2D eigenvalue weighted by atomic mass is 10.1. The van der Waals surface area contributed by atoms with Crippen molar-refractivity contribution < 1.29 is 13.2 Å². The number of carbonyl (C=O) groups excluding carboxylic acids is 1. The first-order valence-electron chi connectivity index (χ1n) is 4.80. The molecule has 0 saturated heterocycles. The van der Waals surface area contributed by atoms with Gasteiger partial charge in [0.1, 0.15) is 15.6 Å². The van der Waals surface area contributed by atoms with Gasteiger partial charge in [0.15, 0.2) is 0 Å². The highest BCUT2D eigenvalue weighted by atomic mass is 32.2. The van der Waals surface area contributed by atoms with Crippen molar-refractivity contribution in [3.05, 3.63) is 0 Å². The second-order valence-corrected chi connectivity index (χ2v) is 5.74. The number of ketones is 1. The molecule has 0 aliphatic carbocycles. The average Bonchev–Trinajstić information content (AvgIpc) is 2.02. The van der Waals surface area contributed by atoms with Gasteiger partial charge in [-0.3, -0.25) is 4.79 Å². The molecule has 0 unspecified atom stereocenters. The third kappa shape index (κ3) is 9.67. The second-order valence-electron chi connectivity index (χ2n) is 3.48. The van der Waals surface area contributed by atoms with Gasteiger partial charge in [-0.1, -0.05) is 0 Å². The van der Waals surface area contributed by atoms with Gasteiger partial charge in [-0.05, 0) is 26.4 Å². The first-order chi connectivity index (χ1) is 6.45. The number of Topliss-reactive ketones (excluding diaryl/α,β-unsaturated/α-hetero) is 1. The summed E-state index contributed by atoms with van der Waals surface area (Å²) in [5.74, 6) is 0.272. The van der Waals surface area contributed by atoms with E-state index in [0.29, 0.717) is 19.3 Å². The Balaban J connectivity index is 3.45. The molecule has 1 N–H and O–H groups in total. The molecule has 0 aromatic heterocycles. The zero-order valence-corrected chi connectivity index (χ0v) is 9.69. The van der Waals surface area contributed by atoms with E-state index in [-0.39, 0.29) is 11.5 Å². The summed E-state index contributed by atoms with van der Waals surface area (Å²) in [5.41, 5.74) is 0. The summed E-state index contributed by atoms with van der Waals surface area (Å²) >= 11 is 0. The van der Waals surface area contributed by atoms with Crippen LogP contribution in [0.3, 0.4) is 0 Å². The summed E-state index contributed by atoms with van der Waals surface area (Å²) in [7, 11) is -1.07. The molecule has 5 heteroatoms. The Morgan fingerprint density at radius 2 is 1.79 bits per heavy atom. The summed E-state index contributed by atoms with van der Waals surface area (Å²) in [6.07, 6.45) is 3.41. The Morgan fingerprint density at radius 1 is 1.21 bits per heavy atom.